The number of nitrogen functional groups attached to an aromatic ring is 1. The first-order valence-corrected chi connectivity index (χ1v) is 15.4. The minimum absolute atomic E-state index is 0.00477. The molecule has 5 heterocycles. The van der Waals surface area contributed by atoms with Gasteiger partial charge in [-0.25, -0.2) is 23.8 Å². The van der Waals surface area contributed by atoms with Crippen LogP contribution in [0.3, 0.4) is 0 Å². The number of aliphatic hydroxyl groups excluding tert-OH is 3. The third-order valence-corrected chi connectivity index (χ3v) is 9.21. The lowest BCUT2D eigenvalue weighted by atomic mass is 10.1. The molecule has 2 saturated heterocycles. The van der Waals surface area contributed by atoms with Gasteiger partial charge in [0.2, 0.25) is 0 Å². The van der Waals surface area contributed by atoms with Crippen LogP contribution >= 0.6 is 15.6 Å². The fourth-order valence-electron chi connectivity index (χ4n) is 4.53. The zero-order valence-corrected chi connectivity index (χ0v) is 23.7. The second-order valence-corrected chi connectivity index (χ2v) is 12.6. The van der Waals surface area contributed by atoms with Gasteiger partial charge in [-0.05, 0) is 6.07 Å². The molecule has 1 amide bonds. The number of rotatable bonds is 11. The number of hydrogen-bond acceptors (Lipinski definition) is 16. The predicted octanol–water partition coefficient (Wildman–Crippen LogP) is -2.62. The molecule has 3 aromatic heterocycles. The first-order chi connectivity index (χ1) is 20.2. The number of imidazole rings is 1. The minimum atomic E-state index is -5.56. The fraction of sp³-hybridized carbons (Fsp3) is 0.476. The molecule has 3 unspecified atom stereocenters. The highest BCUT2D eigenvalue weighted by atomic mass is 31.3. The van der Waals surface area contributed by atoms with E-state index < -0.39 is 77.7 Å². The van der Waals surface area contributed by atoms with Crippen LogP contribution in [0.4, 0.5) is 5.82 Å². The SMILES string of the molecule is NC(=O)c1ccc[n+]([C@@H]2O[C@H](COP(=O)([O-])OP(=O)(O)OC[C@H]3O[C@@H](n4cnc5c(N)ncnc54)C[C@H]3O)C(O)[C@@H]2O)c1. The maximum atomic E-state index is 12.4. The Labute approximate surface area is 241 Å². The summed E-state index contributed by atoms with van der Waals surface area (Å²) in [7, 11) is -10.9. The van der Waals surface area contributed by atoms with Crippen LogP contribution in [0, 0.1) is 0 Å². The van der Waals surface area contributed by atoms with Gasteiger partial charge in [-0.15, -0.1) is 0 Å². The van der Waals surface area contributed by atoms with Gasteiger partial charge in [0, 0.05) is 12.5 Å². The number of ether oxygens (including phenoxy) is 2. The van der Waals surface area contributed by atoms with Crippen molar-refractivity contribution < 1.29 is 66.4 Å². The zero-order chi connectivity index (χ0) is 31.1. The van der Waals surface area contributed by atoms with Crippen LogP contribution in [0.25, 0.3) is 11.2 Å². The Hall–Kier alpha value is -2.97. The molecule has 43 heavy (non-hydrogen) atoms. The van der Waals surface area contributed by atoms with Crippen molar-refractivity contribution in [2.24, 2.45) is 5.73 Å². The molecule has 0 aromatic carbocycles. The van der Waals surface area contributed by atoms with Crippen LogP contribution in [0.1, 0.15) is 29.2 Å². The number of nitrogens with two attached hydrogens (primary N) is 2. The summed E-state index contributed by atoms with van der Waals surface area (Å²) >= 11 is 0. The van der Waals surface area contributed by atoms with Crippen molar-refractivity contribution >= 4 is 38.5 Å². The van der Waals surface area contributed by atoms with Crippen LogP contribution in [-0.2, 0) is 32.0 Å². The lowest BCUT2D eigenvalue weighted by molar-refractivity contribution is -0.765. The van der Waals surface area contributed by atoms with Crippen molar-refractivity contribution in [2.45, 2.75) is 49.4 Å². The average molecular weight is 647 g/mol. The summed E-state index contributed by atoms with van der Waals surface area (Å²) in [4.78, 5) is 45.7. The minimum Gasteiger partial charge on any atom is -0.756 e. The van der Waals surface area contributed by atoms with Crippen LogP contribution in [0.15, 0.2) is 37.2 Å². The topological polar surface area (TPSA) is 301 Å². The number of anilines is 1. The molecular formula is C21H27N7O13P2. The summed E-state index contributed by atoms with van der Waals surface area (Å²) in [5.74, 6) is -0.632. The first-order valence-electron chi connectivity index (χ1n) is 12.5. The van der Waals surface area contributed by atoms with Crippen LogP contribution in [0.2, 0.25) is 0 Å². The van der Waals surface area contributed by atoms with E-state index in [0.29, 0.717) is 11.2 Å². The standard InChI is InChI=1S/C21H27N7O13P2/c22-18-15-20(25-8-24-18)28(9-26-15)14-4-11(29)12(39-14)6-37-42(33,34)41-43(35,36)38-7-13-16(30)17(31)21(40-13)27-3-1-2-10(5-27)19(23)32/h1-3,5,8-9,11-14,16-17,21,29-31H,4,6-7H2,(H5-,22,23,24,25,32,33,34,35,36)/t11-,12-,13-,14-,16?,17+,21-/m1/s1. The van der Waals surface area contributed by atoms with E-state index in [1.54, 1.807) is 0 Å². The van der Waals surface area contributed by atoms with Gasteiger partial charge in [-0.3, -0.25) is 18.5 Å². The van der Waals surface area contributed by atoms with Gasteiger partial charge in [0.05, 0.1) is 25.6 Å². The highest BCUT2D eigenvalue weighted by Crippen LogP contribution is 2.58. The summed E-state index contributed by atoms with van der Waals surface area (Å²) in [6.07, 6.45) is -3.87. The van der Waals surface area contributed by atoms with Crippen molar-refractivity contribution in [3.63, 3.8) is 0 Å². The molecule has 234 valence electrons. The van der Waals surface area contributed by atoms with E-state index in [1.165, 1.54) is 46.3 Å². The molecule has 0 bridgehead atoms. The Morgan fingerprint density at radius 1 is 1.14 bits per heavy atom. The number of phosphoric acid groups is 2. The number of nitrogens with zero attached hydrogens (tertiary/aromatic N) is 5. The molecule has 3 aromatic rings. The maximum absolute atomic E-state index is 12.4. The van der Waals surface area contributed by atoms with Crippen molar-refractivity contribution in [1.82, 2.24) is 19.5 Å². The smallest absolute Gasteiger partial charge is 0.478 e. The fourth-order valence-corrected chi connectivity index (χ4v) is 6.59. The Kier molecular flexibility index (Phi) is 8.92. The normalized spacial score (nSPS) is 30.3. The molecule has 0 aliphatic carbocycles. The molecule has 22 heteroatoms. The number of carbonyl (C=O) groups excluding carboxylic acids is 1. The molecule has 2 fully saturated rings. The van der Waals surface area contributed by atoms with Gasteiger partial charge < -0.3 is 50.6 Å². The number of fused-ring (bicyclic) bond motifs is 1. The molecule has 5 rings (SSSR count). The molecule has 0 radical (unpaired) electrons. The third kappa shape index (κ3) is 6.91. The monoisotopic (exact) mass is 647 g/mol. The quantitative estimate of drug-likeness (QED) is 0.0916. The Morgan fingerprint density at radius 3 is 2.63 bits per heavy atom. The van der Waals surface area contributed by atoms with E-state index in [-0.39, 0.29) is 17.8 Å². The number of carbonyl (C=O) groups is 1. The second kappa shape index (κ2) is 12.2. The highest BCUT2D eigenvalue weighted by molar-refractivity contribution is 7.60. The van der Waals surface area contributed by atoms with Crippen LogP contribution in [-0.4, -0.2) is 89.4 Å². The van der Waals surface area contributed by atoms with Crippen LogP contribution < -0.4 is 20.9 Å². The maximum Gasteiger partial charge on any atom is 0.478 e. The second-order valence-electron chi connectivity index (χ2n) is 9.55. The number of aromatic nitrogens is 5. The Balaban J connectivity index is 1.14. The van der Waals surface area contributed by atoms with Gasteiger partial charge in [0.1, 0.15) is 41.9 Å². The Morgan fingerprint density at radius 2 is 1.88 bits per heavy atom. The zero-order valence-electron chi connectivity index (χ0n) is 21.9. The number of phosphoric ester groups is 2. The first kappa shape index (κ1) is 31.5. The highest BCUT2D eigenvalue weighted by Gasteiger charge is 2.49. The lowest BCUT2D eigenvalue weighted by Gasteiger charge is -2.26. The molecule has 2 aliphatic rings. The Bertz CT molecular complexity index is 1590. The molecular weight excluding hydrogens is 620 g/mol. The number of pyridine rings is 1. The number of amides is 1. The van der Waals surface area contributed by atoms with Gasteiger partial charge in [0.25, 0.3) is 20.0 Å². The number of hydrogen-bond donors (Lipinski definition) is 6. The van der Waals surface area contributed by atoms with E-state index in [2.05, 4.69) is 23.8 Å². The summed E-state index contributed by atoms with van der Waals surface area (Å²) < 4.78 is 52.0. The van der Waals surface area contributed by atoms with Crippen molar-refractivity contribution in [3.8, 4) is 0 Å². The van der Waals surface area contributed by atoms with E-state index in [9.17, 15) is 39.0 Å². The summed E-state index contributed by atoms with van der Waals surface area (Å²) in [5, 5.41) is 31.1. The molecule has 8 N–H and O–H groups in total. The molecule has 20 nitrogen and oxygen atoms in total. The van der Waals surface area contributed by atoms with E-state index in [0.717, 1.165) is 0 Å². The summed E-state index contributed by atoms with van der Waals surface area (Å²) in [6.45, 7) is -1.68. The van der Waals surface area contributed by atoms with E-state index in [4.69, 9.17) is 25.5 Å². The van der Waals surface area contributed by atoms with Crippen molar-refractivity contribution in [1.29, 1.82) is 0 Å². The molecule has 0 saturated carbocycles. The van der Waals surface area contributed by atoms with E-state index in [1.807, 2.05) is 0 Å². The number of primary amides is 1. The average Bonchev–Trinajstić information content (AvgIpc) is 3.62. The van der Waals surface area contributed by atoms with Crippen molar-refractivity contribution in [3.05, 3.63) is 42.7 Å². The lowest BCUT2D eigenvalue weighted by Crippen LogP contribution is -2.46. The summed E-state index contributed by atoms with van der Waals surface area (Å²) in [5.41, 5.74) is 11.7. The largest absolute Gasteiger partial charge is 0.756 e. The molecule has 9 atom stereocenters. The van der Waals surface area contributed by atoms with Crippen LogP contribution in [0.5, 0.6) is 0 Å². The summed E-state index contributed by atoms with van der Waals surface area (Å²) in [6, 6.07) is 2.84. The van der Waals surface area contributed by atoms with Crippen molar-refractivity contribution in [2.75, 3.05) is 18.9 Å². The van der Waals surface area contributed by atoms with Gasteiger partial charge in [-0.1, -0.05) is 0 Å². The molecule has 2 aliphatic heterocycles. The van der Waals surface area contributed by atoms with Gasteiger partial charge in [0.15, 0.2) is 30.0 Å². The molecule has 0 spiro atoms. The van der Waals surface area contributed by atoms with Gasteiger partial charge >= 0.3 is 7.82 Å². The van der Waals surface area contributed by atoms with Gasteiger partial charge in [-0.2, -0.15) is 4.57 Å². The van der Waals surface area contributed by atoms with E-state index >= 15 is 0 Å². The predicted molar refractivity (Wildman–Crippen MR) is 136 cm³/mol. The number of aliphatic hydroxyl groups is 3. The third-order valence-electron chi connectivity index (χ3n) is 6.64.